The van der Waals surface area contributed by atoms with Gasteiger partial charge in [0.1, 0.15) is 0 Å². The summed E-state index contributed by atoms with van der Waals surface area (Å²) in [5, 5.41) is 8.64. The third-order valence-electron chi connectivity index (χ3n) is 2.32. The van der Waals surface area contributed by atoms with Crippen molar-refractivity contribution < 1.29 is 23.1 Å². The van der Waals surface area contributed by atoms with Crippen LogP contribution in [0.5, 0.6) is 0 Å². The van der Waals surface area contributed by atoms with E-state index in [1.165, 1.54) is 12.1 Å². The van der Waals surface area contributed by atoms with E-state index in [1.807, 2.05) is 0 Å². The minimum absolute atomic E-state index is 0.146. The minimum atomic E-state index is -3.30. The first-order valence-electron chi connectivity index (χ1n) is 5.95. The maximum Gasteiger partial charge on any atom is 0.338 e. The summed E-state index contributed by atoms with van der Waals surface area (Å²) in [5.41, 5.74) is 0.964. The maximum absolute atomic E-state index is 11.6. The van der Waals surface area contributed by atoms with Gasteiger partial charge >= 0.3 is 5.97 Å². The summed E-state index contributed by atoms with van der Waals surface area (Å²) in [5.74, 6) is -0.836. The van der Waals surface area contributed by atoms with Gasteiger partial charge in [-0.15, -0.1) is 0 Å². The van der Waals surface area contributed by atoms with Crippen molar-refractivity contribution in [3.63, 3.8) is 0 Å². The zero-order valence-corrected chi connectivity index (χ0v) is 11.8. The maximum atomic E-state index is 11.6. The number of ether oxygens (including phenoxy) is 1. The van der Waals surface area contributed by atoms with Crippen molar-refractivity contribution in [3.8, 4) is 0 Å². The van der Waals surface area contributed by atoms with Crippen LogP contribution in [0.3, 0.4) is 0 Å². The first-order chi connectivity index (χ1) is 8.84. The van der Waals surface area contributed by atoms with Crippen LogP contribution in [-0.4, -0.2) is 38.0 Å². The smallest absolute Gasteiger partial charge is 0.338 e. The Morgan fingerprint density at radius 3 is 2.32 bits per heavy atom. The average molecular weight is 286 g/mol. The van der Waals surface area contributed by atoms with Crippen LogP contribution in [0.15, 0.2) is 24.3 Å². The van der Waals surface area contributed by atoms with E-state index in [-0.39, 0.29) is 24.2 Å². The van der Waals surface area contributed by atoms with E-state index in [4.69, 9.17) is 9.84 Å². The van der Waals surface area contributed by atoms with Gasteiger partial charge in [-0.2, -0.15) is 0 Å². The average Bonchev–Trinajstić information content (AvgIpc) is 2.28. The molecule has 1 aromatic rings. The second kappa shape index (κ2) is 6.68. The van der Waals surface area contributed by atoms with Gasteiger partial charge in [-0.05, 0) is 31.5 Å². The van der Waals surface area contributed by atoms with Crippen molar-refractivity contribution in [2.75, 3.05) is 12.4 Å². The second-order valence-electron chi connectivity index (χ2n) is 4.47. The molecule has 0 saturated heterocycles. The fourth-order valence-electron chi connectivity index (χ4n) is 1.48. The Kier molecular flexibility index (Phi) is 5.50. The van der Waals surface area contributed by atoms with Crippen molar-refractivity contribution in [2.45, 2.75) is 25.7 Å². The van der Waals surface area contributed by atoms with Gasteiger partial charge < -0.3 is 9.84 Å². The highest BCUT2D eigenvalue weighted by atomic mass is 32.2. The zero-order valence-electron chi connectivity index (χ0n) is 11.0. The molecule has 0 heterocycles. The molecule has 106 valence electrons. The molecule has 5 nitrogen and oxygen atoms in total. The molecule has 0 unspecified atom stereocenters. The van der Waals surface area contributed by atoms with Gasteiger partial charge in [0.15, 0.2) is 9.84 Å². The van der Waals surface area contributed by atoms with Crippen LogP contribution in [0, 0.1) is 0 Å². The van der Waals surface area contributed by atoms with E-state index in [0.29, 0.717) is 11.1 Å². The largest absolute Gasteiger partial charge is 0.459 e. The van der Waals surface area contributed by atoms with Crippen LogP contribution in [-0.2, 0) is 20.3 Å². The van der Waals surface area contributed by atoms with Crippen molar-refractivity contribution in [2.24, 2.45) is 0 Å². The SMILES string of the molecule is CC(C)OC(=O)c1ccc(CS(=O)(=O)CCO)cc1. The standard InChI is InChI=1S/C13H18O5S/c1-10(2)18-13(15)12-5-3-11(4-6-12)9-19(16,17)8-7-14/h3-6,10,14H,7-9H2,1-2H3. The van der Waals surface area contributed by atoms with E-state index >= 15 is 0 Å². The number of carbonyl (C=O) groups excluding carboxylic acids is 1. The summed E-state index contributed by atoms with van der Waals surface area (Å²) in [6.07, 6.45) is -0.197. The predicted molar refractivity (Wildman–Crippen MR) is 71.6 cm³/mol. The molecule has 6 heteroatoms. The Hall–Kier alpha value is -1.40. The van der Waals surface area contributed by atoms with Crippen LogP contribution in [0.2, 0.25) is 0 Å². The number of hydrogen-bond acceptors (Lipinski definition) is 5. The molecule has 0 bridgehead atoms. The topological polar surface area (TPSA) is 80.7 Å². The Bertz CT molecular complexity index is 516. The van der Waals surface area contributed by atoms with Crippen LogP contribution in [0.1, 0.15) is 29.8 Å². The molecule has 1 aromatic carbocycles. The Labute approximate surface area is 113 Å². The molecule has 0 radical (unpaired) electrons. The molecule has 0 amide bonds. The number of rotatable bonds is 6. The quantitative estimate of drug-likeness (QED) is 0.794. The molecule has 0 aliphatic rings. The van der Waals surface area contributed by atoms with E-state index in [1.54, 1.807) is 26.0 Å². The summed E-state index contributed by atoms with van der Waals surface area (Å²) in [6.45, 7) is 3.13. The highest BCUT2D eigenvalue weighted by Crippen LogP contribution is 2.10. The Balaban J connectivity index is 2.74. The van der Waals surface area contributed by atoms with Crippen LogP contribution in [0.25, 0.3) is 0 Å². The number of esters is 1. The first kappa shape index (κ1) is 15.7. The lowest BCUT2D eigenvalue weighted by Crippen LogP contribution is -2.13. The fourth-order valence-corrected chi connectivity index (χ4v) is 2.61. The number of sulfone groups is 1. The lowest BCUT2D eigenvalue weighted by Gasteiger charge is -2.08. The van der Waals surface area contributed by atoms with E-state index in [0.717, 1.165) is 0 Å². The third-order valence-corrected chi connectivity index (χ3v) is 3.90. The molecular weight excluding hydrogens is 268 g/mol. The summed E-state index contributed by atoms with van der Waals surface area (Å²) >= 11 is 0. The number of aliphatic hydroxyl groups is 1. The Morgan fingerprint density at radius 2 is 1.84 bits per heavy atom. The van der Waals surface area contributed by atoms with Gasteiger partial charge in [-0.1, -0.05) is 12.1 Å². The van der Waals surface area contributed by atoms with Gasteiger partial charge in [-0.3, -0.25) is 0 Å². The van der Waals surface area contributed by atoms with Crippen molar-refractivity contribution in [1.82, 2.24) is 0 Å². The lowest BCUT2D eigenvalue weighted by atomic mass is 10.1. The summed E-state index contributed by atoms with van der Waals surface area (Å²) in [7, 11) is -3.30. The van der Waals surface area contributed by atoms with Crippen molar-refractivity contribution in [1.29, 1.82) is 0 Å². The molecular formula is C13H18O5S. The summed E-state index contributed by atoms with van der Waals surface area (Å²) in [4.78, 5) is 11.6. The first-order valence-corrected chi connectivity index (χ1v) is 7.77. The van der Waals surface area contributed by atoms with Crippen LogP contribution < -0.4 is 0 Å². The molecule has 0 spiro atoms. The monoisotopic (exact) mass is 286 g/mol. The molecule has 1 rings (SSSR count). The molecule has 1 N–H and O–H groups in total. The molecule has 0 saturated carbocycles. The molecule has 0 aliphatic heterocycles. The number of benzene rings is 1. The molecule has 0 atom stereocenters. The lowest BCUT2D eigenvalue weighted by molar-refractivity contribution is 0.0378. The molecule has 0 fully saturated rings. The summed E-state index contributed by atoms with van der Waals surface area (Å²) < 4.78 is 28.1. The van der Waals surface area contributed by atoms with Gasteiger partial charge in [0.05, 0.1) is 29.8 Å². The highest BCUT2D eigenvalue weighted by Gasteiger charge is 2.13. The van der Waals surface area contributed by atoms with Crippen molar-refractivity contribution in [3.05, 3.63) is 35.4 Å². The van der Waals surface area contributed by atoms with E-state index < -0.39 is 15.8 Å². The highest BCUT2D eigenvalue weighted by molar-refractivity contribution is 7.90. The fraction of sp³-hybridized carbons (Fsp3) is 0.462. The van der Waals surface area contributed by atoms with E-state index in [9.17, 15) is 13.2 Å². The molecule has 19 heavy (non-hydrogen) atoms. The number of carbonyl (C=O) groups is 1. The van der Waals surface area contributed by atoms with Crippen molar-refractivity contribution >= 4 is 15.8 Å². The molecule has 0 aromatic heterocycles. The zero-order chi connectivity index (χ0) is 14.5. The van der Waals surface area contributed by atoms with Gasteiger partial charge in [0.2, 0.25) is 0 Å². The van der Waals surface area contributed by atoms with E-state index in [2.05, 4.69) is 0 Å². The normalized spacial score (nSPS) is 11.6. The van der Waals surface area contributed by atoms with Gasteiger partial charge in [0.25, 0.3) is 0 Å². The molecule has 0 aliphatic carbocycles. The predicted octanol–water partition coefficient (Wildman–Crippen LogP) is 1.16. The second-order valence-corrected chi connectivity index (χ2v) is 6.65. The van der Waals surface area contributed by atoms with Gasteiger partial charge in [0, 0.05) is 0 Å². The van der Waals surface area contributed by atoms with Gasteiger partial charge in [-0.25, -0.2) is 13.2 Å². The van der Waals surface area contributed by atoms with Crippen LogP contribution >= 0.6 is 0 Å². The third kappa shape index (κ3) is 5.40. The number of aliphatic hydroxyl groups excluding tert-OH is 1. The summed E-state index contributed by atoms with van der Waals surface area (Å²) in [6, 6.07) is 6.22. The van der Waals surface area contributed by atoms with Crippen LogP contribution in [0.4, 0.5) is 0 Å². The number of hydrogen-bond donors (Lipinski definition) is 1. The Morgan fingerprint density at radius 1 is 1.26 bits per heavy atom. The minimum Gasteiger partial charge on any atom is -0.459 e.